The highest BCUT2D eigenvalue weighted by molar-refractivity contribution is 5.89. The Labute approximate surface area is 357 Å². The first-order chi connectivity index (χ1) is 28.2. The van der Waals surface area contributed by atoms with Crippen LogP contribution >= 0.6 is 0 Å². The summed E-state index contributed by atoms with van der Waals surface area (Å²) >= 11 is 0. The number of hydrogen-bond acceptors (Lipinski definition) is 5. The molecule has 0 amide bonds. The molecule has 4 aromatic rings. The molecule has 5 nitrogen and oxygen atoms in total. The van der Waals surface area contributed by atoms with Crippen molar-refractivity contribution < 1.29 is 19.7 Å². The van der Waals surface area contributed by atoms with Crippen LogP contribution in [0.1, 0.15) is 131 Å². The van der Waals surface area contributed by atoms with Crippen LogP contribution < -0.4 is 9.47 Å². The van der Waals surface area contributed by atoms with E-state index in [4.69, 9.17) is 14.5 Å². The number of methoxy groups -OCH3 is 2. The number of allylic oxidation sites excluding steroid dienone is 2. The molecule has 3 aromatic carbocycles. The maximum absolute atomic E-state index is 12.4. The number of benzene rings is 3. The van der Waals surface area contributed by atoms with Gasteiger partial charge in [0.25, 0.3) is 0 Å². The zero-order chi connectivity index (χ0) is 43.2. The highest BCUT2D eigenvalue weighted by atomic mass is 16.5. The molecular weight excluding hydrogens is 727 g/mol. The van der Waals surface area contributed by atoms with Crippen LogP contribution in [-0.4, -0.2) is 35.5 Å². The molecule has 5 heteroatoms. The summed E-state index contributed by atoms with van der Waals surface area (Å²) in [5.41, 5.74) is 10.2. The lowest BCUT2D eigenvalue weighted by Crippen LogP contribution is -2.42. The third-order valence-electron chi connectivity index (χ3n) is 13.2. The monoisotopic (exact) mass is 800 g/mol. The van der Waals surface area contributed by atoms with E-state index in [1.54, 1.807) is 14.2 Å². The van der Waals surface area contributed by atoms with E-state index in [2.05, 4.69) is 97.0 Å². The molecule has 2 N–H and O–H groups in total. The minimum atomic E-state index is -0.666. The van der Waals surface area contributed by atoms with E-state index in [0.29, 0.717) is 23.5 Å². The zero-order valence-electron chi connectivity index (χ0n) is 38.5. The van der Waals surface area contributed by atoms with Crippen molar-refractivity contribution in [1.29, 1.82) is 0 Å². The second-order valence-corrected chi connectivity index (χ2v) is 18.2. The van der Waals surface area contributed by atoms with E-state index in [-0.39, 0.29) is 16.7 Å². The lowest BCUT2D eigenvalue weighted by molar-refractivity contribution is 0.0250. The smallest absolute Gasteiger partial charge is 0.127 e. The van der Waals surface area contributed by atoms with Crippen LogP contribution in [-0.2, 0) is 5.41 Å². The Hall–Kier alpha value is -4.35. The van der Waals surface area contributed by atoms with Crippen molar-refractivity contribution in [3.8, 4) is 50.9 Å². The van der Waals surface area contributed by atoms with Gasteiger partial charge in [-0.2, -0.15) is 0 Å². The molecular formula is C54H73NO4. The number of aliphatic hydroxyl groups excluding tert-OH is 1. The fourth-order valence-electron chi connectivity index (χ4n) is 11.0. The summed E-state index contributed by atoms with van der Waals surface area (Å²) in [6.07, 6.45) is 11.8. The minimum Gasteiger partial charge on any atom is -0.507 e. The molecule has 0 bridgehead atoms. The summed E-state index contributed by atoms with van der Waals surface area (Å²) in [5.74, 6) is 3.67. The number of aromatic nitrogens is 1. The second kappa shape index (κ2) is 19.4. The largest absolute Gasteiger partial charge is 0.507 e. The summed E-state index contributed by atoms with van der Waals surface area (Å²) in [6, 6.07) is 22.6. The van der Waals surface area contributed by atoms with E-state index in [0.717, 1.165) is 99.5 Å². The molecule has 7 rings (SSSR count). The number of rotatable bonds is 8. The number of nitrogens with zero attached hydrogens (tertiary/aromatic N) is 1. The number of ether oxygens (including phenoxy) is 2. The number of phenols is 1. The highest BCUT2D eigenvalue weighted by Gasteiger charge is 2.44. The van der Waals surface area contributed by atoms with Crippen molar-refractivity contribution in [2.75, 3.05) is 14.2 Å². The molecule has 3 aliphatic rings. The summed E-state index contributed by atoms with van der Waals surface area (Å²) in [6.45, 7) is 24.0. The summed E-state index contributed by atoms with van der Waals surface area (Å²) < 4.78 is 11.5. The molecule has 0 aliphatic heterocycles. The first-order valence-electron chi connectivity index (χ1n) is 22.5. The molecule has 1 heterocycles. The van der Waals surface area contributed by atoms with Crippen molar-refractivity contribution in [2.45, 2.75) is 133 Å². The van der Waals surface area contributed by atoms with Gasteiger partial charge < -0.3 is 19.7 Å². The van der Waals surface area contributed by atoms with Crippen LogP contribution in [0.4, 0.5) is 0 Å². The molecule has 0 spiro atoms. The molecule has 3 aliphatic carbocycles. The topological polar surface area (TPSA) is 71.8 Å². The summed E-state index contributed by atoms with van der Waals surface area (Å²) in [5, 5.41) is 24.5. The Morgan fingerprint density at radius 3 is 1.85 bits per heavy atom. The van der Waals surface area contributed by atoms with Gasteiger partial charge in [-0.3, -0.25) is 0 Å². The third-order valence-corrected chi connectivity index (χ3v) is 13.2. The fraction of sp³-hybridized carbons (Fsp3) is 0.500. The molecule has 0 saturated heterocycles. The van der Waals surface area contributed by atoms with Gasteiger partial charge in [-0.25, -0.2) is 4.98 Å². The van der Waals surface area contributed by atoms with Crippen molar-refractivity contribution in [3.05, 3.63) is 101 Å². The van der Waals surface area contributed by atoms with E-state index >= 15 is 0 Å². The van der Waals surface area contributed by atoms with E-state index < -0.39 is 6.10 Å². The SMILES string of the molecule is CC.CC.COc1ccc(-c2cccc(-c3ccc(OC)cc3-c3cc(C)cc(C4(C)CCCC(C)C4)c3O)n2)c(C2=CC(C)=CC(C3(C)CC(C)CC(C)C3)C2O)c1. The van der Waals surface area contributed by atoms with Crippen molar-refractivity contribution in [2.24, 2.45) is 29.1 Å². The quantitative estimate of drug-likeness (QED) is 0.186. The van der Waals surface area contributed by atoms with Crippen LogP contribution in [0.15, 0.2) is 84.5 Å². The lowest BCUT2D eigenvalue weighted by atomic mass is 9.58. The van der Waals surface area contributed by atoms with Gasteiger partial charge in [0.15, 0.2) is 0 Å². The van der Waals surface area contributed by atoms with E-state index in [1.165, 1.54) is 18.4 Å². The Kier molecular flexibility index (Phi) is 15.0. The van der Waals surface area contributed by atoms with Gasteiger partial charge in [0.05, 0.1) is 31.7 Å². The number of aromatic hydroxyl groups is 1. The van der Waals surface area contributed by atoms with Gasteiger partial charge in [-0.05, 0) is 151 Å². The van der Waals surface area contributed by atoms with Crippen LogP contribution in [0.25, 0.3) is 39.2 Å². The van der Waals surface area contributed by atoms with Crippen molar-refractivity contribution in [1.82, 2.24) is 4.98 Å². The molecule has 59 heavy (non-hydrogen) atoms. The van der Waals surface area contributed by atoms with Crippen molar-refractivity contribution in [3.63, 3.8) is 0 Å². The highest BCUT2D eigenvalue weighted by Crippen LogP contribution is 2.53. The van der Waals surface area contributed by atoms with Gasteiger partial charge >= 0.3 is 0 Å². The number of aryl methyl sites for hydroxylation is 1. The standard InChI is InChI=1S/C50H61NO4.2C2H6/c1-30-12-11-19-49(6,27-30)43-23-31(2)21-41(47(43)52)39-25-35(54-8)15-17-37(39)45-13-10-14-46(51-45)38-18-16-36(55-9)26-40(38)42-22-32(3)24-44(48(42)53)50(7)28-33(4)20-34(5)29-50;2*1-2/h10,13-18,21-26,30,33-34,44,48,52-53H,11-12,19-20,27-29H2,1-9H3;2*1-2H3. The fourth-order valence-corrected chi connectivity index (χ4v) is 11.0. The van der Waals surface area contributed by atoms with Gasteiger partial charge in [0.1, 0.15) is 17.2 Å². The maximum atomic E-state index is 12.4. The number of pyridine rings is 1. The molecule has 1 aromatic heterocycles. The van der Waals surface area contributed by atoms with E-state index in [9.17, 15) is 10.2 Å². The predicted octanol–water partition coefficient (Wildman–Crippen LogP) is 14.4. The second-order valence-electron chi connectivity index (χ2n) is 18.2. The Balaban J connectivity index is 0.00000160. The van der Waals surface area contributed by atoms with E-state index in [1.807, 2.05) is 58.0 Å². The number of phenolic OH excluding ortho intramolecular Hbond substituents is 1. The van der Waals surface area contributed by atoms with Crippen LogP contribution in [0.3, 0.4) is 0 Å². The lowest BCUT2D eigenvalue weighted by Gasteiger charge is -2.47. The normalized spacial score (nSPS) is 26.6. The van der Waals surface area contributed by atoms with Gasteiger partial charge in [0.2, 0.25) is 0 Å². The molecule has 2 fully saturated rings. The molecule has 318 valence electrons. The van der Waals surface area contributed by atoms with Gasteiger partial charge in [-0.1, -0.05) is 105 Å². The van der Waals surface area contributed by atoms with Crippen molar-refractivity contribution >= 4 is 5.57 Å². The average Bonchev–Trinajstić information content (AvgIpc) is 3.22. The summed E-state index contributed by atoms with van der Waals surface area (Å²) in [4.78, 5) is 5.35. The zero-order valence-corrected chi connectivity index (χ0v) is 38.5. The molecule has 2 saturated carbocycles. The average molecular weight is 800 g/mol. The molecule has 6 unspecified atom stereocenters. The Bertz CT molecular complexity index is 2120. The first kappa shape index (κ1) is 45.7. The predicted molar refractivity (Wildman–Crippen MR) is 249 cm³/mol. The Morgan fingerprint density at radius 1 is 0.695 bits per heavy atom. The molecule has 0 radical (unpaired) electrons. The number of aliphatic hydroxyl groups is 1. The molecule has 6 atom stereocenters. The first-order valence-corrected chi connectivity index (χ1v) is 22.5. The maximum Gasteiger partial charge on any atom is 0.127 e. The van der Waals surface area contributed by atoms with Crippen LogP contribution in [0.5, 0.6) is 17.2 Å². The number of hydrogen-bond donors (Lipinski definition) is 2. The van der Waals surface area contributed by atoms with Gasteiger partial charge in [-0.15, -0.1) is 0 Å². The summed E-state index contributed by atoms with van der Waals surface area (Å²) in [7, 11) is 3.37. The van der Waals surface area contributed by atoms with Crippen LogP contribution in [0.2, 0.25) is 0 Å². The van der Waals surface area contributed by atoms with Crippen LogP contribution in [0, 0.1) is 36.0 Å². The minimum absolute atomic E-state index is 0.00359. The third kappa shape index (κ3) is 9.67. The Morgan fingerprint density at radius 2 is 1.27 bits per heavy atom. The van der Waals surface area contributed by atoms with Gasteiger partial charge in [0, 0.05) is 28.2 Å².